The number of anilines is 1. The number of phenols is 1. The molecule has 0 spiro atoms. The van der Waals surface area contributed by atoms with Crippen LogP contribution in [0.25, 0.3) is 10.8 Å². The predicted molar refractivity (Wildman–Crippen MR) is 134 cm³/mol. The topological polar surface area (TPSA) is 94.1 Å². The van der Waals surface area contributed by atoms with Gasteiger partial charge in [0.05, 0.1) is 24.4 Å². The molecule has 0 radical (unpaired) electrons. The van der Waals surface area contributed by atoms with Gasteiger partial charge in [0, 0.05) is 11.3 Å². The van der Waals surface area contributed by atoms with Crippen LogP contribution in [0.5, 0.6) is 5.75 Å². The number of benzene rings is 3. The average molecular weight is 486 g/mol. The first kappa shape index (κ1) is 25.8. The van der Waals surface area contributed by atoms with Crippen molar-refractivity contribution in [2.45, 2.75) is 52.6 Å². The second-order valence-corrected chi connectivity index (χ2v) is 10.4. The number of carbonyl (C=O) groups is 1. The summed E-state index contributed by atoms with van der Waals surface area (Å²) in [6.07, 6.45) is -0.783. The lowest BCUT2D eigenvalue weighted by Crippen LogP contribution is -2.19. The Labute approximate surface area is 200 Å². The normalized spacial score (nSPS) is 12.8. The van der Waals surface area contributed by atoms with Gasteiger partial charge in [-0.3, -0.25) is 4.57 Å². The van der Waals surface area contributed by atoms with Crippen LogP contribution in [0.1, 0.15) is 56.3 Å². The number of nitrogens with one attached hydrogen (secondary N) is 1. The molecule has 3 aromatic carbocycles. The molecule has 3 rings (SSSR count). The fourth-order valence-electron chi connectivity index (χ4n) is 3.69. The van der Waals surface area contributed by atoms with Gasteiger partial charge in [-0.1, -0.05) is 30.3 Å². The molecule has 0 aliphatic rings. The van der Waals surface area contributed by atoms with Crippen molar-refractivity contribution in [3.05, 3.63) is 71.8 Å². The fraction of sp³-hybridized carbons (Fsp3) is 0.346. The summed E-state index contributed by atoms with van der Waals surface area (Å²) in [4.78, 5) is 12.0. The maximum Gasteiger partial charge on any atom is 0.357 e. The molecule has 0 fully saturated rings. The molecule has 0 bridgehead atoms. The number of rotatable bonds is 10. The predicted octanol–water partition coefficient (Wildman–Crippen LogP) is 6.88. The van der Waals surface area contributed by atoms with E-state index in [1.807, 2.05) is 24.3 Å². The fourth-order valence-corrected chi connectivity index (χ4v) is 6.05. The summed E-state index contributed by atoms with van der Waals surface area (Å²) < 4.78 is 31.2. The maximum absolute atomic E-state index is 14.3. The highest BCUT2D eigenvalue weighted by molar-refractivity contribution is 7.54. The maximum atomic E-state index is 14.3. The molecular formula is C26H32NO6P. The number of ether oxygens (including phenoxy) is 1. The van der Waals surface area contributed by atoms with Crippen molar-refractivity contribution in [3.8, 4) is 5.75 Å². The van der Waals surface area contributed by atoms with E-state index in [1.54, 1.807) is 71.0 Å². The first-order chi connectivity index (χ1) is 16.1. The van der Waals surface area contributed by atoms with Crippen LogP contribution < -0.4 is 5.32 Å². The summed E-state index contributed by atoms with van der Waals surface area (Å²) in [5.41, 5.74) is 1.39. The summed E-state index contributed by atoms with van der Waals surface area (Å²) in [6.45, 7) is 9.16. The van der Waals surface area contributed by atoms with E-state index in [9.17, 15) is 14.5 Å². The summed E-state index contributed by atoms with van der Waals surface area (Å²) >= 11 is 0. The van der Waals surface area contributed by atoms with Gasteiger partial charge in [-0.05, 0) is 75.7 Å². The minimum atomic E-state index is -3.86. The number of esters is 1. The Bertz CT molecular complexity index is 1160. The second-order valence-electron chi connectivity index (χ2n) is 8.41. The van der Waals surface area contributed by atoms with Crippen molar-refractivity contribution in [2.24, 2.45) is 0 Å². The molecule has 0 amide bonds. The number of phenolic OH excluding ortho intramolecular Hbond substituents is 1. The van der Waals surface area contributed by atoms with Crippen molar-refractivity contribution in [2.75, 3.05) is 11.9 Å². The number of fused-ring (bicyclic) bond motifs is 1. The molecule has 7 nitrogen and oxygen atoms in total. The quantitative estimate of drug-likeness (QED) is 0.239. The summed E-state index contributed by atoms with van der Waals surface area (Å²) in [5, 5.41) is 15.8. The molecule has 0 heterocycles. The Hall–Kier alpha value is -2.86. The van der Waals surface area contributed by atoms with Gasteiger partial charge in [0.25, 0.3) is 0 Å². The number of carbonyl (C=O) groups excluding carboxylic acids is 1. The molecule has 8 heteroatoms. The van der Waals surface area contributed by atoms with Crippen LogP contribution in [0.15, 0.2) is 60.7 Å². The SMILES string of the molecule is CCOC(=O)c1ccc(NC(c2c(O)ccc3ccccc23)P(=O)(OC(C)C)OC(C)C)cc1. The molecule has 0 saturated heterocycles. The molecule has 0 aromatic heterocycles. The van der Waals surface area contributed by atoms with E-state index in [1.165, 1.54) is 0 Å². The highest BCUT2D eigenvalue weighted by atomic mass is 31.2. The van der Waals surface area contributed by atoms with Crippen LogP contribution in [-0.4, -0.2) is 29.9 Å². The standard InChI is InChI=1S/C26H32NO6P/c1-6-31-26(29)20-11-14-21(15-12-20)27-25(34(30,32-17(2)3)33-18(4)5)24-22-10-8-7-9-19(22)13-16-23(24)28/h7-18,25,27-28H,6H2,1-5H3. The van der Waals surface area contributed by atoms with Crippen LogP contribution in [0.3, 0.4) is 0 Å². The van der Waals surface area contributed by atoms with E-state index in [-0.39, 0.29) is 12.4 Å². The van der Waals surface area contributed by atoms with Gasteiger partial charge in [-0.2, -0.15) is 0 Å². The first-order valence-electron chi connectivity index (χ1n) is 11.4. The molecule has 0 aliphatic carbocycles. The number of hydrogen-bond acceptors (Lipinski definition) is 7. The molecule has 34 heavy (non-hydrogen) atoms. The van der Waals surface area contributed by atoms with Gasteiger partial charge in [0.2, 0.25) is 0 Å². The Kier molecular flexibility index (Phi) is 8.37. The van der Waals surface area contributed by atoms with E-state index in [0.29, 0.717) is 16.8 Å². The highest BCUT2D eigenvalue weighted by Gasteiger charge is 2.41. The van der Waals surface area contributed by atoms with Crippen molar-refractivity contribution < 1.29 is 28.3 Å². The monoisotopic (exact) mass is 485 g/mol. The van der Waals surface area contributed by atoms with Crippen molar-refractivity contribution >= 4 is 30.0 Å². The molecule has 0 saturated carbocycles. The van der Waals surface area contributed by atoms with Gasteiger partial charge in [-0.25, -0.2) is 4.79 Å². The van der Waals surface area contributed by atoms with Gasteiger partial charge < -0.3 is 24.2 Å². The zero-order valence-corrected chi connectivity index (χ0v) is 21.0. The van der Waals surface area contributed by atoms with Gasteiger partial charge in [0.1, 0.15) is 5.75 Å². The van der Waals surface area contributed by atoms with Crippen LogP contribution in [-0.2, 0) is 18.3 Å². The second kappa shape index (κ2) is 11.0. The molecule has 1 atom stereocenters. The molecule has 2 N–H and O–H groups in total. The minimum absolute atomic E-state index is 0.0284. The summed E-state index contributed by atoms with van der Waals surface area (Å²) in [5.74, 6) is -1.47. The zero-order chi connectivity index (χ0) is 24.9. The van der Waals surface area contributed by atoms with Crippen LogP contribution in [0.4, 0.5) is 5.69 Å². The third-order valence-corrected chi connectivity index (χ3v) is 7.40. The van der Waals surface area contributed by atoms with E-state index in [2.05, 4.69) is 5.32 Å². The van der Waals surface area contributed by atoms with Crippen LogP contribution in [0.2, 0.25) is 0 Å². The first-order valence-corrected chi connectivity index (χ1v) is 13.0. The molecule has 0 aliphatic heterocycles. The lowest BCUT2D eigenvalue weighted by atomic mass is 10.0. The van der Waals surface area contributed by atoms with Crippen molar-refractivity contribution in [1.82, 2.24) is 0 Å². The molecular weight excluding hydrogens is 453 g/mol. The van der Waals surface area contributed by atoms with Gasteiger partial charge in [-0.15, -0.1) is 0 Å². The lowest BCUT2D eigenvalue weighted by molar-refractivity contribution is 0.0526. The molecule has 3 aromatic rings. The number of hydrogen-bond donors (Lipinski definition) is 2. The Morgan fingerprint density at radius 3 is 2.15 bits per heavy atom. The van der Waals surface area contributed by atoms with E-state index >= 15 is 0 Å². The average Bonchev–Trinajstić information content (AvgIpc) is 2.77. The number of aromatic hydroxyl groups is 1. The lowest BCUT2D eigenvalue weighted by Gasteiger charge is -2.32. The summed E-state index contributed by atoms with van der Waals surface area (Å²) in [6, 6.07) is 17.5. The largest absolute Gasteiger partial charge is 0.508 e. The van der Waals surface area contributed by atoms with Gasteiger partial charge in [0.15, 0.2) is 5.78 Å². The van der Waals surface area contributed by atoms with E-state index in [4.69, 9.17) is 13.8 Å². The minimum Gasteiger partial charge on any atom is -0.508 e. The van der Waals surface area contributed by atoms with Crippen LogP contribution in [0, 0.1) is 0 Å². The van der Waals surface area contributed by atoms with Crippen LogP contribution >= 0.6 is 7.60 Å². The highest BCUT2D eigenvalue weighted by Crippen LogP contribution is 2.64. The van der Waals surface area contributed by atoms with Crippen molar-refractivity contribution in [3.63, 3.8) is 0 Å². The third-order valence-electron chi connectivity index (χ3n) is 4.95. The molecule has 1 unspecified atom stereocenters. The van der Waals surface area contributed by atoms with E-state index < -0.39 is 31.6 Å². The van der Waals surface area contributed by atoms with E-state index in [0.717, 1.165) is 10.8 Å². The van der Waals surface area contributed by atoms with Crippen molar-refractivity contribution in [1.29, 1.82) is 0 Å². The Balaban J connectivity index is 2.14. The smallest absolute Gasteiger partial charge is 0.357 e. The Morgan fingerprint density at radius 2 is 1.56 bits per heavy atom. The molecule has 182 valence electrons. The Morgan fingerprint density at radius 1 is 0.941 bits per heavy atom. The third kappa shape index (κ3) is 5.98. The zero-order valence-electron chi connectivity index (χ0n) is 20.1. The summed E-state index contributed by atoms with van der Waals surface area (Å²) in [7, 11) is -3.86. The van der Waals surface area contributed by atoms with Gasteiger partial charge >= 0.3 is 13.6 Å².